The fraction of sp³-hybridized carbons (Fsp3) is 0.308. The summed E-state index contributed by atoms with van der Waals surface area (Å²) in [6, 6.07) is 8.01. The maximum atomic E-state index is 6.05. The van der Waals surface area contributed by atoms with Crippen molar-refractivity contribution < 1.29 is 4.74 Å². The SMILES string of the molecule is CNc1n[nH]c2c1C(C)(C)Oc1ccccc1-2. The summed E-state index contributed by atoms with van der Waals surface area (Å²) < 4.78 is 6.05. The summed E-state index contributed by atoms with van der Waals surface area (Å²) in [5.74, 6) is 1.75. The normalized spacial score (nSPS) is 15.7. The number of aromatic amines is 1. The van der Waals surface area contributed by atoms with E-state index >= 15 is 0 Å². The maximum Gasteiger partial charge on any atom is 0.155 e. The first-order valence-corrected chi connectivity index (χ1v) is 5.68. The molecule has 2 heterocycles. The lowest BCUT2D eigenvalue weighted by Gasteiger charge is -2.32. The van der Waals surface area contributed by atoms with Crippen molar-refractivity contribution in [3.8, 4) is 17.0 Å². The van der Waals surface area contributed by atoms with E-state index in [2.05, 4.69) is 29.4 Å². The molecule has 0 radical (unpaired) electrons. The van der Waals surface area contributed by atoms with Crippen LogP contribution in [0.1, 0.15) is 19.4 Å². The number of hydrogen-bond donors (Lipinski definition) is 2. The minimum Gasteiger partial charge on any atom is -0.482 e. The van der Waals surface area contributed by atoms with Gasteiger partial charge in [0.15, 0.2) is 5.82 Å². The molecular weight excluding hydrogens is 214 g/mol. The molecule has 2 aromatic rings. The van der Waals surface area contributed by atoms with Crippen molar-refractivity contribution in [1.29, 1.82) is 0 Å². The van der Waals surface area contributed by atoms with Crippen LogP contribution in [0, 0.1) is 0 Å². The Morgan fingerprint density at radius 1 is 1.29 bits per heavy atom. The number of benzene rings is 1. The van der Waals surface area contributed by atoms with E-state index in [4.69, 9.17) is 4.74 Å². The first-order chi connectivity index (χ1) is 8.13. The van der Waals surface area contributed by atoms with Crippen LogP contribution in [-0.2, 0) is 5.60 Å². The van der Waals surface area contributed by atoms with Crippen LogP contribution >= 0.6 is 0 Å². The Morgan fingerprint density at radius 2 is 2.06 bits per heavy atom. The van der Waals surface area contributed by atoms with Gasteiger partial charge >= 0.3 is 0 Å². The van der Waals surface area contributed by atoms with E-state index in [1.165, 1.54) is 0 Å². The predicted octanol–water partition coefficient (Wildman–Crippen LogP) is 2.75. The van der Waals surface area contributed by atoms with Gasteiger partial charge in [-0.2, -0.15) is 5.10 Å². The zero-order valence-corrected chi connectivity index (χ0v) is 10.2. The van der Waals surface area contributed by atoms with Gasteiger partial charge in [-0.05, 0) is 26.0 Å². The van der Waals surface area contributed by atoms with Crippen LogP contribution in [0.3, 0.4) is 0 Å². The van der Waals surface area contributed by atoms with E-state index in [-0.39, 0.29) is 5.60 Å². The molecule has 1 aliphatic rings. The second-order valence-corrected chi connectivity index (χ2v) is 4.68. The first-order valence-electron chi connectivity index (χ1n) is 5.68. The van der Waals surface area contributed by atoms with Gasteiger partial charge in [-0.25, -0.2) is 0 Å². The van der Waals surface area contributed by atoms with Crippen molar-refractivity contribution in [3.63, 3.8) is 0 Å². The third-order valence-electron chi connectivity index (χ3n) is 3.13. The van der Waals surface area contributed by atoms with Crippen LogP contribution in [0.4, 0.5) is 5.82 Å². The van der Waals surface area contributed by atoms with Gasteiger partial charge in [-0.3, -0.25) is 5.10 Å². The molecule has 3 rings (SSSR count). The molecule has 88 valence electrons. The summed E-state index contributed by atoms with van der Waals surface area (Å²) in [6.07, 6.45) is 0. The minimum absolute atomic E-state index is 0.380. The number of fused-ring (bicyclic) bond motifs is 3. The fourth-order valence-electron chi connectivity index (χ4n) is 2.39. The summed E-state index contributed by atoms with van der Waals surface area (Å²) >= 11 is 0. The molecule has 1 aliphatic heterocycles. The molecule has 0 saturated carbocycles. The highest BCUT2D eigenvalue weighted by atomic mass is 16.5. The van der Waals surface area contributed by atoms with E-state index in [9.17, 15) is 0 Å². The largest absolute Gasteiger partial charge is 0.482 e. The number of rotatable bonds is 1. The molecule has 17 heavy (non-hydrogen) atoms. The van der Waals surface area contributed by atoms with Crippen molar-refractivity contribution in [3.05, 3.63) is 29.8 Å². The molecule has 0 amide bonds. The summed E-state index contributed by atoms with van der Waals surface area (Å²) in [5, 5.41) is 10.5. The quantitative estimate of drug-likeness (QED) is 0.790. The molecule has 0 unspecified atom stereocenters. The van der Waals surface area contributed by atoms with Gasteiger partial charge in [0.1, 0.15) is 11.4 Å². The Kier molecular flexibility index (Phi) is 1.96. The van der Waals surface area contributed by atoms with Crippen LogP contribution in [-0.4, -0.2) is 17.2 Å². The third-order valence-corrected chi connectivity index (χ3v) is 3.13. The van der Waals surface area contributed by atoms with Gasteiger partial charge < -0.3 is 10.1 Å². The number of H-pyrrole nitrogens is 1. The second kappa shape index (κ2) is 3.26. The van der Waals surface area contributed by atoms with Gasteiger partial charge in [0.25, 0.3) is 0 Å². The van der Waals surface area contributed by atoms with Crippen molar-refractivity contribution in [2.45, 2.75) is 19.4 Å². The van der Waals surface area contributed by atoms with Gasteiger partial charge in [0, 0.05) is 12.6 Å². The lowest BCUT2D eigenvalue weighted by Crippen LogP contribution is -2.29. The number of ether oxygens (including phenoxy) is 1. The number of hydrogen-bond acceptors (Lipinski definition) is 3. The van der Waals surface area contributed by atoms with Crippen molar-refractivity contribution >= 4 is 5.82 Å². The highest BCUT2D eigenvalue weighted by Crippen LogP contribution is 2.46. The average molecular weight is 229 g/mol. The van der Waals surface area contributed by atoms with Crippen LogP contribution in [0.2, 0.25) is 0 Å². The van der Waals surface area contributed by atoms with E-state index in [0.29, 0.717) is 0 Å². The highest BCUT2D eigenvalue weighted by Gasteiger charge is 2.36. The molecule has 4 heteroatoms. The lowest BCUT2D eigenvalue weighted by atomic mass is 9.91. The van der Waals surface area contributed by atoms with Crippen LogP contribution < -0.4 is 10.1 Å². The zero-order valence-electron chi connectivity index (χ0n) is 10.2. The van der Waals surface area contributed by atoms with Crippen LogP contribution in [0.5, 0.6) is 5.75 Å². The molecule has 1 aromatic heterocycles. The summed E-state index contributed by atoms with van der Waals surface area (Å²) in [5.41, 5.74) is 2.81. The Bertz CT molecular complexity index is 572. The summed E-state index contributed by atoms with van der Waals surface area (Å²) in [4.78, 5) is 0. The second-order valence-electron chi connectivity index (χ2n) is 4.68. The van der Waals surface area contributed by atoms with Gasteiger partial charge in [-0.1, -0.05) is 12.1 Å². The Morgan fingerprint density at radius 3 is 2.82 bits per heavy atom. The number of nitrogens with zero attached hydrogens (tertiary/aromatic N) is 1. The molecule has 0 bridgehead atoms. The van der Waals surface area contributed by atoms with Crippen LogP contribution in [0.15, 0.2) is 24.3 Å². The number of aromatic nitrogens is 2. The Labute approximate surface area is 100 Å². The number of anilines is 1. The molecule has 0 spiro atoms. The van der Waals surface area contributed by atoms with Gasteiger partial charge in [0.05, 0.1) is 11.3 Å². The Balaban J connectivity index is 2.31. The molecular formula is C13H15N3O. The molecule has 1 aromatic carbocycles. The topological polar surface area (TPSA) is 49.9 Å². The van der Waals surface area contributed by atoms with E-state index in [0.717, 1.165) is 28.4 Å². The molecule has 0 saturated heterocycles. The first kappa shape index (κ1) is 10.2. The number of nitrogens with one attached hydrogen (secondary N) is 2. The number of para-hydroxylation sites is 1. The smallest absolute Gasteiger partial charge is 0.155 e. The van der Waals surface area contributed by atoms with Gasteiger partial charge in [-0.15, -0.1) is 0 Å². The zero-order chi connectivity index (χ0) is 12.0. The monoisotopic (exact) mass is 229 g/mol. The molecule has 0 atom stereocenters. The minimum atomic E-state index is -0.380. The standard InChI is InChI=1S/C13H15N3O/c1-13(2)10-11(15-16-12(10)14-3)8-6-4-5-7-9(8)17-13/h4-7H,1-3H3,(H2,14,15,16). The lowest BCUT2D eigenvalue weighted by molar-refractivity contribution is 0.106. The molecule has 0 aliphatic carbocycles. The molecule has 0 fully saturated rings. The van der Waals surface area contributed by atoms with Crippen LogP contribution in [0.25, 0.3) is 11.3 Å². The van der Waals surface area contributed by atoms with Gasteiger partial charge in [0.2, 0.25) is 0 Å². The highest BCUT2D eigenvalue weighted by molar-refractivity contribution is 5.77. The molecule has 4 nitrogen and oxygen atoms in total. The third kappa shape index (κ3) is 1.33. The van der Waals surface area contributed by atoms with E-state index < -0.39 is 0 Å². The maximum absolute atomic E-state index is 6.05. The fourth-order valence-corrected chi connectivity index (χ4v) is 2.39. The van der Waals surface area contributed by atoms with Crippen molar-refractivity contribution in [2.24, 2.45) is 0 Å². The summed E-state index contributed by atoms with van der Waals surface area (Å²) in [7, 11) is 1.87. The van der Waals surface area contributed by atoms with E-state index in [1.54, 1.807) is 0 Å². The summed E-state index contributed by atoms with van der Waals surface area (Å²) in [6.45, 7) is 4.11. The van der Waals surface area contributed by atoms with Crippen molar-refractivity contribution in [2.75, 3.05) is 12.4 Å². The van der Waals surface area contributed by atoms with Crippen molar-refractivity contribution in [1.82, 2.24) is 10.2 Å². The predicted molar refractivity (Wildman–Crippen MR) is 67.2 cm³/mol. The Hall–Kier alpha value is -1.97. The van der Waals surface area contributed by atoms with E-state index in [1.807, 2.05) is 31.3 Å². The average Bonchev–Trinajstić information content (AvgIpc) is 2.73. The molecule has 2 N–H and O–H groups in total.